The van der Waals surface area contributed by atoms with Crippen LogP contribution in [0.4, 0.5) is 11.4 Å². The van der Waals surface area contributed by atoms with Crippen LogP contribution in [-0.2, 0) is 14.8 Å². The molecule has 190 valence electrons. The number of hydrogen-bond acceptors (Lipinski definition) is 4. The molecule has 7 nitrogen and oxygen atoms in total. The van der Waals surface area contributed by atoms with Gasteiger partial charge in [-0.2, -0.15) is 0 Å². The fourth-order valence-corrected chi connectivity index (χ4v) is 5.23. The maximum atomic E-state index is 13.7. The number of carbonyl (C=O) groups is 2. The number of rotatable bonds is 7. The van der Waals surface area contributed by atoms with Crippen molar-refractivity contribution in [3.63, 3.8) is 0 Å². The van der Waals surface area contributed by atoms with E-state index in [1.165, 1.54) is 12.1 Å². The highest BCUT2D eigenvalue weighted by Gasteiger charge is 2.29. The number of nitrogens with zero attached hydrogens (tertiary/aromatic N) is 1. The van der Waals surface area contributed by atoms with Crippen molar-refractivity contribution in [2.75, 3.05) is 16.2 Å². The van der Waals surface area contributed by atoms with Gasteiger partial charge in [-0.1, -0.05) is 47.5 Å². The Kier molecular flexibility index (Phi) is 7.89. The molecule has 3 aromatic carbocycles. The largest absolute Gasteiger partial charge is 0.347 e. The van der Waals surface area contributed by atoms with Crippen molar-refractivity contribution in [1.82, 2.24) is 5.32 Å². The molecule has 0 spiro atoms. The lowest BCUT2D eigenvalue weighted by Crippen LogP contribution is -2.41. The minimum absolute atomic E-state index is 0.0887. The van der Waals surface area contributed by atoms with Crippen LogP contribution in [0.25, 0.3) is 0 Å². The Balaban J connectivity index is 1.96. The van der Waals surface area contributed by atoms with E-state index in [1.807, 2.05) is 53.7 Å². The number of aryl methyl sites for hydroxylation is 3. The first-order valence-corrected chi connectivity index (χ1v) is 13.1. The SMILES string of the molecule is Cc1ccc(S(=O)(=O)N(CC(=O)Nc2ccccc2C(=O)NC(C)(C)C)c2ccc(C)cc2C)cc1. The molecule has 3 rings (SSSR count). The summed E-state index contributed by atoms with van der Waals surface area (Å²) in [6.07, 6.45) is 0. The van der Waals surface area contributed by atoms with Crippen molar-refractivity contribution in [2.45, 2.75) is 52.0 Å². The van der Waals surface area contributed by atoms with Crippen molar-refractivity contribution in [1.29, 1.82) is 0 Å². The van der Waals surface area contributed by atoms with Crippen LogP contribution >= 0.6 is 0 Å². The van der Waals surface area contributed by atoms with Crippen LogP contribution in [0, 0.1) is 20.8 Å². The Labute approximate surface area is 213 Å². The molecule has 0 saturated heterocycles. The molecule has 0 aliphatic carbocycles. The van der Waals surface area contributed by atoms with E-state index in [2.05, 4.69) is 10.6 Å². The molecule has 36 heavy (non-hydrogen) atoms. The molecule has 0 heterocycles. The van der Waals surface area contributed by atoms with Gasteiger partial charge in [0.2, 0.25) is 5.91 Å². The Morgan fingerprint density at radius 2 is 1.47 bits per heavy atom. The second kappa shape index (κ2) is 10.5. The summed E-state index contributed by atoms with van der Waals surface area (Å²) in [4.78, 5) is 26.1. The van der Waals surface area contributed by atoms with Crippen LogP contribution in [0.5, 0.6) is 0 Å². The lowest BCUT2D eigenvalue weighted by atomic mass is 10.1. The fraction of sp³-hybridized carbons (Fsp3) is 0.286. The summed E-state index contributed by atoms with van der Waals surface area (Å²) in [6, 6.07) is 18.5. The second-order valence-electron chi connectivity index (χ2n) is 9.91. The summed E-state index contributed by atoms with van der Waals surface area (Å²) in [5, 5.41) is 5.62. The number of benzene rings is 3. The third-order valence-electron chi connectivity index (χ3n) is 5.45. The highest BCUT2D eigenvalue weighted by molar-refractivity contribution is 7.92. The molecular formula is C28H33N3O4S. The first kappa shape index (κ1) is 26.9. The first-order valence-electron chi connectivity index (χ1n) is 11.7. The number of amides is 2. The number of para-hydroxylation sites is 1. The highest BCUT2D eigenvalue weighted by atomic mass is 32.2. The van der Waals surface area contributed by atoms with Crippen molar-refractivity contribution in [3.05, 3.63) is 89.0 Å². The van der Waals surface area contributed by atoms with Gasteiger partial charge in [0.1, 0.15) is 6.54 Å². The summed E-state index contributed by atoms with van der Waals surface area (Å²) in [7, 11) is -4.05. The average molecular weight is 508 g/mol. The van der Waals surface area contributed by atoms with Gasteiger partial charge in [-0.15, -0.1) is 0 Å². The van der Waals surface area contributed by atoms with Gasteiger partial charge < -0.3 is 10.6 Å². The van der Waals surface area contributed by atoms with Crippen LogP contribution in [0.15, 0.2) is 71.6 Å². The minimum atomic E-state index is -4.05. The number of hydrogen-bond donors (Lipinski definition) is 2. The van der Waals surface area contributed by atoms with Crippen molar-refractivity contribution < 1.29 is 18.0 Å². The average Bonchev–Trinajstić information content (AvgIpc) is 2.77. The van der Waals surface area contributed by atoms with E-state index in [0.717, 1.165) is 21.0 Å². The van der Waals surface area contributed by atoms with Gasteiger partial charge >= 0.3 is 0 Å². The summed E-state index contributed by atoms with van der Waals surface area (Å²) in [5.41, 5.74) is 3.18. The van der Waals surface area contributed by atoms with Crippen LogP contribution in [0.1, 0.15) is 47.8 Å². The van der Waals surface area contributed by atoms with E-state index in [0.29, 0.717) is 16.9 Å². The molecule has 0 atom stereocenters. The summed E-state index contributed by atoms with van der Waals surface area (Å²) < 4.78 is 28.5. The van der Waals surface area contributed by atoms with E-state index in [1.54, 1.807) is 42.5 Å². The normalized spacial score (nSPS) is 11.6. The fourth-order valence-electron chi connectivity index (χ4n) is 3.74. The monoisotopic (exact) mass is 507 g/mol. The van der Waals surface area contributed by atoms with Crippen molar-refractivity contribution >= 4 is 33.2 Å². The number of anilines is 2. The van der Waals surface area contributed by atoms with E-state index < -0.39 is 28.0 Å². The van der Waals surface area contributed by atoms with Gasteiger partial charge in [-0.25, -0.2) is 8.42 Å². The van der Waals surface area contributed by atoms with Crippen LogP contribution in [-0.4, -0.2) is 32.3 Å². The molecule has 0 bridgehead atoms. The van der Waals surface area contributed by atoms with E-state index in [-0.39, 0.29) is 10.8 Å². The molecule has 2 amide bonds. The number of carbonyl (C=O) groups excluding carboxylic acids is 2. The van der Waals surface area contributed by atoms with E-state index in [9.17, 15) is 18.0 Å². The molecule has 0 aliphatic heterocycles. The van der Waals surface area contributed by atoms with Crippen LogP contribution < -0.4 is 14.9 Å². The maximum absolute atomic E-state index is 13.7. The van der Waals surface area contributed by atoms with Crippen molar-refractivity contribution in [3.8, 4) is 0 Å². The first-order chi connectivity index (χ1) is 16.8. The molecule has 0 aliphatic rings. The number of nitrogens with one attached hydrogen (secondary N) is 2. The van der Waals surface area contributed by atoms with Crippen LogP contribution in [0.2, 0.25) is 0 Å². The molecule has 0 aromatic heterocycles. The van der Waals surface area contributed by atoms with E-state index in [4.69, 9.17) is 0 Å². The van der Waals surface area contributed by atoms with Gasteiger partial charge in [0, 0.05) is 5.54 Å². The Morgan fingerprint density at radius 1 is 0.861 bits per heavy atom. The van der Waals surface area contributed by atoms with Gasteiger partial charge in [-0.3, -0.25) is 13.9 Å². The van der Waals surface area contributed by atoms with Gasteiger partial charge in [-0.05, 0) is 77.4 Å². The molecule has 0 fully saturated rings. The third-order valence-corrected chi connectivity index (χ3v) is 7.23. The lowest BCUT2D eigenvalue weighted by Gasteiger charge is -2.26. The van der Waals surface area contributed by atoms with Gasteiger partial charge in [0.05, 0.1) is 21.8 Å². The van der Waals surface area contributed by atoms with E-state index >= 15 is 0 Å². The standard InChI is InChI=1S/C28H33N3O4S/c1-19-11-14-22(15-12-19)36(34,35)31(25-16-13-20(2)17-21(25)3)18-26(32)29-24-10-8-7-9-23(24)27(33)30-28(4,5)6/h7-17H,18H2,1-6H3,(H,29,32)(H,30,33). The molecule has 0 radical (unpaired) electrons. The Hall–Kier alpha value is -3.65. The van der Waals surface area contributed by atoms with Gasteiger partial charge in [0.25, 0.3) is 15.9 Å². The zero-order chi connectivity index (χ0) is 26.7. The third kappa shape index (κ3) is 6.51. The Bertz CT molecular complexity index is 1370. The maximum Gasteiger partial charge on any atom is 0.264 e. The highest BCUT2D eigenvalue weighted by Crippen LogP contribution is 2.28. The molecule has 0 saturated carbocycles. The predicted molar refractivity (Wildman–Crippen MR) is 144 cm³/mol. The van der Waals surface area contributed by atoms with Gasteiger partial charge in [0.15, 0.2) is 0 Å². The second-order valence-corrected chi connectivity index (χ2v) is 11.8. The molecule has 3 aromatic rings. The smallest absolute Gasteiger partial charge is 0.264 e. The quantitative estimate of drug-likeness (QED) is 0.472. The molecule has 2 N–H and O–H groups in total. The molecular weight excluding hydrogens is 474 g/mol. The Morgan fingerprint density at radius 3 is 2.08 bits per heavy atom. The topological polar surface area (TPSA) is 95.6 Å². The number of sulfonamides is 1. The molecule has 8 heteroatoms. The summed E-state index contributed by atoms with van der Waals surface area (Å²) in [6.45, 7) is 10.7. The predicted octanol–water partition coefficient (Wildman–Crippen LogP) is 4.97. The van der Waals surface area contributed by atoms with Crippen LogP contribution in [0.3, 0.4) is 0 Å². The zero-order valence-corrected chi connectivity index (χ0v) is 22.4. The summed E-state index contributed by atoms with van der Waals surface area (Å²) in [5.74, 6) is -0.904. The summed E-state index contributed by atoms with van der Waals surface area (Å²) >= 11 is 0. The minimum Gasteiger partial charge on any atom is -0.347 e. The zero-order valence-electron chi connectivity index (χ0n) is 21.5. The lowest BCUT2D eigenvalue weighted by molar-refractivity contribution is -0.114. The van der Waals surface area contributed by atoms with Crippen molar-refractivity contribution in [2.24, 2.45) is 0 Å². The molecule has 0 unspecified atom stereocenters.